The van der Waals surface area contributed by atoms with Crippen LogP contribution in [0.25, 0.3) is 11.6 Å². The van der Waals surface area contributed by atoms with E-state index in [2.05, 4.69) is 21.2 Å². The van der Waals surface area contributed by atoms with E-state index < -0.39 is 5.97 Å². The molecule has 0 saturated heterocycles. The van der Waals surface area contributed by atoms with Gasteiger partial charge in [-0.1, -0.05) is 33.6 Å². The van der Waals surface area contributed by atoms with Gasteiger partial charge in [-0.25, -0.2) is 4.79 Å². The number of fused-ring (bicyclic) bond motifs is 1. The Kier molecular flexibility index (Phi) is 5.61. The second-order valence-corrected chi connectivity index (χ2v) is 7.85. The molecule has 0 radical (unpaired) electrons. The number of rotatable bonds is 4. The number of amides is 1. The Hall–Kier alpha value is -3.09. The molecule has 0 bridgehead atoms. The maximum atomic E-state index is 12.5. The molecule has 1 heterocycles. The van der Waals surface area contributed by atoms with Crippen molar-refractivity contribution < 1.29 is 19.1 Å². The zero-order chi connectivity index (χ0) is 21.3. The number of hydrogen-bond acceptors (Lipinski definition) is 4. The molecule has 0 saturated carbocycles. The second kappa shape index (κ2) is 8.34. The maximum absolute atomic E-state index is 12.5. The minimum atomic E-state index is -0.415. The number of hydrogen-bond donors (Lipinski definition) is 1. The van der Waals surface area contributed by atoms with Gasteiger partial charge in [0.15, 0.2) is 0 Å². The fourth-order valence-electron chi connectivity index (χ4n) is 3.09. The number of esters is 1. The van der Waals surface area contributed by atoms with E-state index in [1.54, 1.807) is 48.5 Å². The zero-order valence-corrected chi connectivity index (χ0v) is 18.1. The molecule has 4 rings (SSSR count). The molecule has 150 valence electrons. The standard InChI is InChI=1S/C23H15BrClNO4/c1-29-23(28)13-2-6-17(7-3-13)30-21-9-4-15(24)10-14(21)11-19-18-8-5-16(25)12-20(18)26-22(19)27/h2-12H,1H3,(H,26,27)/b19-11-. The van der Waals surface area contributed by atoms with Crippen LogP contribution in [0.4, 0.5) is 5.69 Å². The molecule has 0 atom stereocenters. The van der Waals surface area contributed by atoms with E-state index in [1.165, 1.54) is 7.11 Å². The van der Waals surface area contributed by atoms with E-state index in [1.807, 2.05) is 18.2 Å². The van der Waals surface area contributed by atoms with Crippen LogP contribution in [0, 0.1) is 0 Å². The first-order chi connectivity index (χ1) is 14.4. The maximum Gasteiger partial charge on any atom is 0.337 e. The van der Waals surface area contributed by atoms with Gasteiger partial charge >= 0.3 is 5.97 Å². The van der Waals surface area contributed by atoms with Crippen LogP contribution < -0.4 is 10.1 Å². The molecule has 30 heavy (non-hydrogen) atoms. The minimum Gasteiger partial charge on any atom is -0.465 e. The van der Waals surface area contributed by atoms with E-state index in [9.17, 15) is 9.59 Å². The van der Waals surface area contributed by atoms with Gasteiger partial charge in [-0.15, -0.1) is 0 Å². The number of nitrogens with one attached hydrogen (secondary N) is 1. The van der Waals surface area contributed by atoms with Crippen molar-refractivity contribution >= 4 is 56.7 Å². The second-order valence-electron chi connectivity index (χ2n) is 6.50. The van der Waals surface area contributed by atoms with Crippen molar-refractivity contribution in [3.63, 3.8) is 0 Å². The van der Waals surface area contributed by atoms with Crippen LogP contribution >= 0.6 is 27.5 Å². The number of halogens is 2. The predicted molar refractivity (Wildman–Crippen MR) is 120 cm³/mol. The summed E-state index contributed by atoms with van der Waals surface area (Å²) in [6, 6.07) is 17.4. The third-order valence-electron chi connectivity index (χ3n) is 4.54. The number of anilines is 1. The lowest BCUT2D eigenvalue weighted by atomic mass is 10.0. The largest absolute Gasteiger partial charge is 0.465 e. The van der Waals surface area contributed by atoms with Gasteiger partial charge in [-0.2, -0.15) is 0 Å². The Morgan fingerprint density at radius 3 is 2.57 bits per heavy atom. The summed E-state index contributed by atoms with van der Waals surface area (Å²) in [5.41, 5.74) is 3.12. The van der Waals surface area contributed by atoms with Crippen LogP contribution in [0.1, 0.15) is 21.5 Å². The van der Waals surface area contributed by atoms with Crippen LogP contribution in [0.5, 0.6) is 11.5 Å². The van der Waals surface area contributed by atoms with Crippen molar-refractivity contribution in [1.29, 1.82) is 0 Å². The third-order valence-corrected chi connectivity index (χ3v) is 5.27. The molecule has 3 aromatic rings. The van der Waals surface area contributed by atoms with Crippen molar-refractivity contribution in [2.45, 2.75) is 0 Å². The zero-order valence-electron chi connectivity index (χ0n) is 15.7. The quantitative estimate of drug-likeness (QED) is 0.355. The lowest BCUT2D eigenvalue weighted by Crippen LogP contribution is -2.03. The van der Waals surface area contributed by atoms with E-state index in [-0.39, 0.29) is 5.91 Å². The molecular formula is C23H15BrClNO4. The number of methoxy groups -OCH3 is 1. The Labute approximate surface area is 186 Å². The number of benzene rings is 3. The number of ether oxygens (including phenoxy) is 2. The monoisotopic (exact) mass is 483 g/mol. The van der Waals surface area contributed by atoms with E-state index in [4.69, 9.17) is 21.1 Å². The van der Waals surface area contributed by atoms with E-state index in [0.717, 1.165) is 15.6 Å². The summed E-state index contributed by atoms with van der Waals surface area (Å²) in [5, 5.41) is 3.38. The molecule has 5 nitrogen and oxygen atoms in total. The average molecular weight is 485 g/mol. The SMILES string of the molecule is COC(=O)c1ccc(Oc2ccc(Br)cc2/C=C2\C(=O)Nc3cc(Cl)ccc32)cc1. The minimum absolute atomic E-state index is 0.208. The van der Waals surface area contributed by atoms with Gasteiger partial charge in [0.2, 0.25) is 0 Å². The first-order valence-corrected chi connectivity index (χ1v) is 10.1. The first-order valence-electron chi connectivity index (χ1n) is 8.93. The molecule has 1 amide bonds. The molecule has 7 heteroatoms. The summed E-state index contributed by atoms with van der Waals surface area (Å²) in [4.78, 5) is 24.1. The van der Waals surface area contributed by atoms with E-state index >= 15 is 0 Å². The Morgan fingerprint density at radius 2 is 1.83 bits per heavy atom. The smallest absolute Gasteiger partial charge is 0.337 e. The Morgan fingerprint density at radius 1 is 1.07 bits per heavy atom. The van der Waals surface area contributed by atoms with Crippen LogP contribution in [0.2, 0.25) is 5.02 Å². The molecule has 0 spiro atoms. The summed E-state index contributed by atoms with van der Waals surface area (Å²) in [6.45, 7) is 0. The Balaban J connectivity index is 1.69. The van der Waals surface area contributed by atoms with Gasteiger partial charge in [0.1, 0.15) is 11.5 Å². The third kappa shape index (κ3) is 4.10. The van der Waals surface area contributed by atoms with Gasteiger partial charge < -0.3 is 14.8 Å². The highest BCUT2D eigenvalue weighted by Crippen LogP contribution is 2.37. The lowest BCUT2D eigenvalue weighted by molar-refractivity contribution is -0.110. The summed E-state index contributed by atoms with van der Waals surface area (Å²) in [7, 11) is 1.33. The van der Waals surface area contributed by atoms with Crippen LogP contribution in [-0.4, -0.2) is 19.0 Å². The molecule has 1 aliphatic heterocycles. The van der Waals surface area contributed by atoms with Crippen LogP contribution in [-0.2, 0) is 9.53 Å². The lowest BCUT2D eigenvalue weighted by Gasteiger charge is -2.11. The van der Waals surface area contributed by atoms with Gasteiger partial charge in [0, 0.05) is 26.2 Å². The van der Waals surface area contributed by atoms with Crippen molar-refractivity contribution in [3.8, 4) is 11.5 Å². The predicted octanol–water partition coefficient (Wildman–Crippen LogP) is 6.17. The highest BCUT2D eigenvalue weighted by atomic mass is 79.9. The fraction of sp³-hybridized carbons (Fsp3) is 0.0435. The molecule has 0 unspecified atom stereocenters. The summed E-state index contributed by atoms with van der Waals surface area (Å²) in [6.07, 6.45) is 1.78. The van der Waals surface area contributed by atoms with Crippen molar-refractivity contribution in [2.24, 2.45) is 0 Å². The highest BCUT2D eigenvalue weighted by Gasteiger charge is 2.24. The normalized spacial score (nSPS) is 13.7. The highest BCUT2D eigenvalue weighted by molar-refractivity contribution is 9.10. The molecule has 0 aromatic heterocycles. The van der Waals surface area contributed by atoms with Crippen LogP contribution in [0.3, 0.4) is 0 Å². The average Bonchev–Trinajstić information content (AvgIpc) is 3.04. The summed E-state index contributed by atoms with van der Waals surface area (Å²) in [5.74, 6) is 0.488. The molecule has 3 aromatic carbocycles. The van der Waals surface area contributed by atoms with Gasteiger partial charge in [-0.3, -0.25) is 4.79 Å². The topological polar surface area (TPSA) is 64.6 Å². The van der Waals surface area contributed by atoms with E-state index in [0.29, 0.717) is 33.3 Å². The number of carbonyl (C=O) groups is 2. The molecule has 0 aliphatic carbocycles. The van der Waals surface area contributed by atoms with Gasteiger partial charge in [-0.05, 0) is 60.7 Å². The van der Waals surface area contributed by atoms with Gasteiger partial charge in [0.25, 0.3) is 5.91 Å². The molecule has 1 aliphatic rings. The van der Waals surface area contributed by atoms with Crippen molar-refractivity contribution in [2.75, 3.05) is 12.4 Å². The van der Waals surface area contributed by atoms with Crippen molar-refractivity contribution in [1.82, 2.24) is 0 Å². The Bertz CT molecular complexity index is 1190. The van der Waals surface area contributed by atoms with Crippen LogP contribution in [0.15, 0.2) is 65.1 Å². The summed E-state index contributed by atoms with van der Waals surface area (Å²) < 4.78 is 11.6. The molecule has 1 N–H and O–H groups in total. The fourth-order valence-corrected chi connectivity index (χ4v) is 3.65. The van der Waals surface area contributed by atoms with Crippen molar-refractivity contribution in [3.05, 3.63) is 86.8 Å². The summed E-state index contributed by atoms with van der Waals surface area (Å²) >= 11 is 9.50. The number of carbonyl (C=O) groups excluding carboxylic acids is 2. The first kappa shape index (κ1) is 20.2. The van der Waals surface area contributed by atoms with Gasteiger partial charge in [0.05, 0.1) is 18.4 Å². The molecular weight excluding hydrogens is 470 g/mol. The molecule has 0 fully saturated rings.